The average Bonchev–Trinajstić information content (AvgIpc) is 2.61. The van der Waals surface area contributed by atoms with Gasteiger partial charge in [0, 0.05) is 18.4 Å². The van der Waals surface area contributed by atoms with E-state index in [4.69, 9.17) is 10.2 Å². The number of fused-ring (bicyclic) bond motifs is 1. The molecule has 1 aliphatic carbocycles. The molecule has 0 atom stereocenters. The van der Waals surface area contributed by atoms with Gasteiger partial charge in [-0.3, -0.25) is 14.4 Å². The number of ketones is 1. The Labute approximate surface area is 116 Å². The highest BCUT2D eigenvalue weighted by molar-refractivity contribution is 6.04. The van der Waals surface area contributed by atoms with E-state index in [-0.39, 0.29) is 23.5 Å². The first-order chi connectivity index (χ1) is 9.21. The maximum atomic E-state index is 12.2. The van der Waals surface area contributed by atoms with E-state index >= 15 is 0 Å². The number of hydrogen-bond acceptors (Lipinski definition) is 4. The van der Waals surface area contributed by atoms with Crippen molar-refractivity contribution in [1.82, 2.24) is 5.32 Å². The Balaban J connectivity index is 2.33. The van der Waals surface area contributed by atoms with Crippen LogP contribution in [0.15, 0.2) is 4.42 Å². The zero-order chi connectivity index (χ0) is 15.1. The number of hydrogen-bond donors (Lipinski definition) is 2. The van der Waals surface area contributed by atoms with Crippen molar-refractivity contribution in [2.24, 2.45) is 11.1 Å². The molecule has 6 heteroatoms. The van der Waals surface area contributed by atoms with Gasteiger partial charge in [-0.05, 0) is 12.3 Å². The molecule has 0 bridgehead atoms. The van der Waals surface area contributed by atoms with Crippen LogP contribution in [-0.2, 0) is 11.2 Å². The summed E-state index contributed by atoms with van der Waals surface area (Å²) >= 11 is 0. The third kappa shape index (κ3) is 2.59. The van der Waals surface area contributed by atoms with E-state index < -0.39 is 11.8 Å². The maximum Gasteiger partial charge on any atom is 0.287 e. The minimum absolute atomic E-state index is 0.00792. The summed E-state index contributed by atoms with van der Waals surface area (Å²) in [6, 6.07) is 0. The first kappa shape index (κ1) is 14.3. The van der Waals surface area contributed by atoms with Crippen molar-refractivity contribution < 1.29 is 18.8 Å². The molecule has 0 radical (unpaired) electrons. The summed E-state index contributed by atoms with van der Waals surface area (Å²) in [6.45, 7) is 5.39. The van der Waals surface area contributed by atoms with Gasteiger partial charge >= 0.3 is 0 Å². The van der Waals surface area contributed by atoms with Gasteiger partial charge in [-0.25, -0.2) is 0 Å². The number of carbonyl (C=O) groups excluding carboxylic acids is 3. The van der Waals surface area contributed by atoms with Crippen LogP contribution in [0.2, 0.25) is 0 Å². The van der Waals surface area contributed by atoms with Gasteiger partial charge in [-0.15, -0.1) is 0 Å². The van der Waals surface area contributed by atoms with Gasteiger partial charge in [-0.1, -0.05) is 13.8 Å². The molecule has 6 nitrogen and oxygen atoms in total. The molecule has 0 aromatic carbocycles. The molecule has 2 rings (SSSR count). The Bertz CT molecular complexity index is 599. The van der Waals surface area contributed by atoms with Gasteiger partial charge in [0.25, 0.3) is 5.91 Å². The van der Waals surface area contributed by atoms with Crippen molar-refractivity contribution in [3.05, 3.63) is 22.6 Å². The molecule has 1 aliphatic rings. The minimum atomic E-state index is -0.635. The highest BCUT2D eigenvalue weighted by Gasteiger charge is 2.36. The average molecular weight is 278 g/mol. The molecule has 3 N–H and O–H groups in total. The zero-order valence-corrected chi connectivity index (χ0v) is 11.8. The molecule has 0 fully saturated rings. The fourth-order valence-electron chi connectivity index (χ4n) is 2.55. The summed E-state index contributed by atoms with van der Waals surface area (Å²) in [6.07, 6.45) is 1.04. The van der Waals surface area contributed by atoms with Crippen LogP contribution in [0.3, 0.4) is 0 Å². The second kappa shape index (κ2) is 4.77. The lowest BCUT2D eigenvalue weighted by Crippen LogP contribution is -2.33. The summed E-state index contributed by atoms with van der Waals surface area (Å²) in [7, 11) is 0. The van der Waals surface area contributed by atoms with Crippen LogP contribution in [0.25, 0.3) is 0 Å². The molecular formula is C14H18N2O4. The number of rotatable bonds is 3. The molecule has 1 aromatic rings. The predicted molar refractivity (Wildman–Crippen MR) is 71.4 cm³/mol. The second-order valence-electron chi connectivity index (χ2n) is 5.94. The van der Waals surface area contributed by atoms with Crippen molar-refractivity contribution in [3.63, 3.8) is 0 Å². The zero-order valence-electron chi connectivity index (χ0n) is 11.8. The molecule has 0 spiro atoms. The lowest BCUT2D eigenvalue weighted by atomic mass is 9.76. The van der Waals surface area contributed by atoms with Crippen LogP contribution in [-0.4, -0.2) is 24.1 Å². The first-order valence-corrected chi connectivity index (χ1v) is 6.43. The molecule has 0 saturated heterocycles. The molecule has 1 aromatic heterocycles. The van der Waals surface area contributed by atoms with Crippen molar-refractivity contribution in [3.8, 4) is 0 Å². The van der Waals surface area contributed by atoms with Crippen LogP contribution in [0, 0.1) is 12.3 Å². The summed E-state index contributed by atoms with van der Waals surface area (Å²) in [4.78, 5) is 34.8. The Hall–Kier alpha value is -2.11. The molecule has 20 heavy (non-hydrogen) atoms. The Morgan fingerprint density at radius 3 is 2.60 bits per heavy atom. The van der Waals surface area contributed by atoms with Crippen molar-refractivity contribution in [1.29, 1.82) is 0 Å². The van der Waals surface area contributed by atoms with E-state index in [1.165, 1.54) is 0 Å². The molecule has 0 unspecified atom stereocenters. The summed E-state index contributed by atoms with van der Waals surface area (Å²) < 4.78 is 5.55. The lowest BCUT2D eigenvalue weighted by molar-refractivity contribution is -0.117. The van der Waals surface area contributed by atoms with E-state index in [1.807, 2.05) is 13.8 Å². The van der Waals surface area contributed by atoms with E-state index in [0.29, 0.717) is 29.7 Å². The number of nitrogens with two attached hydrogens (primary N) is 1. The third-order valence-corrected chi connectivity index (χ3v) is 3.41. The molecular weight excluding hydrogens is 260 g/mol. The Morgan fingerprint density at radius 2 is 2.00 bits per heavy atom. The summed E-state index contributed by atoms with van der Waals surface area (Å²) in [5.41, 5.74) is 5.84. The number of Topliss-reactive ketones (excluding diaryl/α,β-unsaturated/α-hetero) is 1. The van der Waals surface area contributed by atoms with E-state index in [1.54, 1.807) is 6.92 Å². The topological polar surface area (TPSA) is 102 Å². The van der Waals surface area contributed by atoms with Gasteiger partial charge in [0.05, 0.1) is 12.1 Å². The SMILES string of the molecule is Cc1c(C(=O)NCC(N)=O)oc2c1C(=O)CC(C)(C)C2. The van der Waals surface area contributed by atoms with Crippen molar-refractivity contribution in [2.45, 2.75) is 33.6 Å². The standard InChI is InChI=1S/C14H18N2O4/c1-7-11-8(17)4-14(2,3)5-9(11)20-12(7)13(19)16-6-10(15)18/h4-6H2,1-3H3,(H2,15,18)(H,16,19). The lowest BCUT2D eigenvalue weighted by Gasteiger charge is -2.27. The normalized spacial score (nSPS) is 16.6. The smallest absolute Gasteiger partial charge is 0.287 e. The fourth-order valence-corrected chi connectivity index (χ4v) is 2.55. The summed E-state index contributed by atoms with van der Waals surface area (Å²) in [5, 5.41) is 2.37. The predicted octanol–water partition coefficient (Wildman–Crippen LogP) is 0.958. The van der Waals surface area contributed by atoms with Crippen LogP contribution in [0.4, 0.5) is 0 Å². The van der Waals surface area contributed by atoms with Crippen LogP contribution in [0.5, 0.6) is 0 Å². The van der Waals surface area contributed by atoms with E-state index in [0.717, 1.165) is 0 Å². The van der Waals surface area contributed by atoms with Gasteiger partial charge in [-0.2, -0.15) is 0 Å². The summed E-state index contributed by atoms with van der Waals surface area (Å²) in [5.74, 6) is -0.535. The van der Waals surface area contributed by atoms with Gasteiger partial charge in [0.2, 0.25) is 5.91 Å². The fraction of sp³-hybridized carbons (Fsp3) is 0.500. The number of furan rings is 1. The highest BCUT2D eigenvalue weighted by atomic mass is 16.4. The molecule has 2 amide bonds. The highest BCUT2D eigenvalue weighted by Crippen LogP contribution is 2.38. The van der Waals surface area contributed by atoms with Gasteiger partial charge in [0.15, 0.2) is 11.5 Å². The molecule has 0 saturated carbocycles. The van der Waals surface area contributed by atoms with Crippen molar-refractivity contribution >= 4 is 17.6 Å². The molecule has 0 aliphatic heterocycles. The maximum absolute atomic E-state index is 12.2. The second-order valence-corrected chi connectivity index (χ2v) is 5.94. The quantitative estimate of drug-likeness (QED) is 0.859. The minimum Gasteiger partial charge on any atom is -0.455 e. The Kier molecular flexibility index (Phi) is 3.41. The van der Waals surface area contributed by atoms with Gasteiger partial charge in [0.1, 0.15) is 5.76 Å². The largest absolute Gasteiger partial charge is 0.455 e. The van der Waals surface area contributed by atoms with E-state index in [2.05, 4.69) is 5.32 Å². The van der Waals surface area contributed by atoms with Crippen LogP contribution >= 0.6 is 0 Å². The Morgan fingerprint density at radius 1 is 1.35 bits per heavy atom. The molecule has 1 heterocycles. The van der Waals surface area contributed by atoms with Crippen LogP contribution in [0.1, 0.15) is 52.5 Å². The monoisotopic (exact) mass is 278 g/mol. The van der Waals surface area contributed by atoms with Crippen LogP contribution < -0.4 is 11.1 Å². The van der Waals surface area contributed by atoms with E-state index in [9.17, 15) is 14.4 Å². The molecule has 108 valence electrons. The number of primary amides is 1. The number of nitrogens with one attached hydrogen (secondary N) is 1. The van der Waals surface area contributed by atoms with Crippen molar-refractivity contribution in [2.75, 3.05) is 6.54 Å². The van der Waals surface area contributed by atoms with Gasteiger partial charge < -0.3 is 15.5 Å². The number of carbonyl (C=O) groups is 3. The third-order valence-electron chi connectivity index (χ3n) is 3.41. The number of amides is 2. The first-order valence-electron chi connectivity index (χ1n) is 6.43.